The van der Waals surface area contributed by atoms with Gasteiger partial charge in [-0.05, 0) is 56.1 Å². The molecule has 1 fully saturated rings. The van der Waals surface area contributed by atoms with E-state index >= 15 is 0 Å². The highest BCUT2D eigenvalue weighted by Gasteiger charge is 2.24. The maximum absolute atomic E-state index is 12.4. The molecular weight excluding hydrogens is 304 g/mol. The number of rotatable bonds is 6. The van der Waals surface area contributed by atoms with Crippen LogP contribution in [-0.4, -0.2) is 18.5 Å². The molecule has 1 aliphatic rings. The highest BCUT2D eigenvalue weighted by molar-refractivity contribution is 5.92. The summed E-state index contributed by atoms with van der Waals surface area (Å²) >= 11 is 0. The number of ether oxygens (including phenoxy) is 1. The molecule has 0 unspecified atom stereocenters. The van der Waals surface area contributed by atoms with Crippen molar-refractivity contribution in [2.75, 3.05) is 11.9 Å². The first kappa shape index (κ1) is 16.7. The van der Waals surface area contributed by atoms with Crippen molar-refractivity contribution in [3.05, 3.63) is 54.0 Å². The lowest BCUT2D eigenvalue weighted by molar-refractivity contribution is -0.120. The number of furan rings is 1. The zero-order valence-electron chi connectivity index (χ0n) is 14.0. The van der Waals surface area contributed by atoms with Gasteiger partial charge in [-0.3, -0.25) is 4.79 Å². The molecule has 1 aromatic carbocycles. The van der Waals surface area contributed by atoms with E-state index < -0.39 is 0 Å². The minimum absolute atomic E-state index is 0.0834. The smallest absolute Gasteiger partial charge is 0.227 e. The van der Waals surface area contributed by atoms with Crippen molar-refractivity contribution in [2.24, 2.45) is 5.92 Å². The van der Waals surface area contributed by atoms with E-state index in [1.807, 2.05) is 36.4 Å². The Hall–Kier alpha value is -2.11. The lowest BCUT2D eigenvalue weighted by Gasteiger charge is -2.27. The van der Waals surface area contributed by atoms with Crippen molar-refractivity contribution < 1.29 is 13.9 Å². The summed E-state index contributed by atoms with van der Waals surface area (Å²) < 4.78 is 10.9. The fourth-order valence-corrected chi connectivity index (χ4v) is 3.02. The van der Waals surface area contributed by atoms with Gasteiger partial charge in [0.15, 0.2) is 0 Å². The maximum Gasteiger partial charge on any atom is 0.227 e. The number of anilines is 1. The summed E-state index contributed by atoms with van der Waals surface area (Å²) in [4.78, 5) is 12.4. The lowest BCUT2D eigenvalue weighted by Crippen LogP contribution is -2.40. The SMILES string of the molecule is C[C@H]1C[C@@H](C(=O)Nc2cccc(COCc3ccco3)c2)CCN1. The molecule has 128 valence electrons. The number of piperidine rings is 1. The normalized spacial score (nSPS) is 20.7. The number of hydrogen-bond donors (Lipinski definition) is 2. The summed E-state index contributed by atoms with van der Waals surface area (Å²) in [5.41, 5.74) is 1.85. The molecule has 0 radical (unpaired) electrons. The molecule has 2 N–H and O–H groups in total. The highest BCUT2D eigenvalue weighted by Crippen LogP contribution is 2.19. The predicted octanol–water partition coefficient (Wildman–Crippen LogP) is 3.32. The second kappa shape index (κ2) is 8.13. The molecule has 2 heterocycles. The van der Waals surface area contributed by atoms with Gasteiger partial charge in [-0.1, -0.05) is 12.1 Å². The quantitative estimate of drug-likeness (QED) is 0.854. The Morgan fingerprint density at radius 1 is 1.33 bits per heavy atom. The molecule has 1 amide bonds. The van der Waals surface area contributed by atoms with Gasteiger partial charge in [0, 0.05) is 17.6 Å². The minimum atomic E-state index is 0.0834. The monoisotopic (exact) mass is 328 g/mol. The largest absolute Gasteiger partial charge is 0.467 e. The van der Waals surface area contributed by atoms with Gasteiger partial charge in [0.1, 0.15) is 12.4 Å². The Morgan fingerprint density at radius 3 is 3.04 bits per heavy atom. The molecule has 24 heavy (non-hydrogen) atoms. The summed E-state index contributed by atoms with van der Waals surface area (Å²) in [6, 6.07) is 11.9. The Kier molecular flexibility index (Phi) is 5.67. The molecule has 1 aliphatic heterocycles. The molecular formula is C19H24N2O3. The molecule has 0 aliphatic carbocycles. The summed E-state index contributed by atoms with van der Waals surface area (Å²) in [5.74, 6) is 0.997. The lowest BCUT2D eigenvalue weighted by atomic mass is 9.92. The van der Waals surface area contributed by atoms with Gasteiger partial charge in [0.05, 0.1) is 12.9 Å². The van der Waals surface area contributed by atoms with Crippen LogP contribution >= 0.6 is 0 Å². The number of carbonyl (C=O) groups is 1. The fraction of sp³-hybridized carbons (Fsp3) is 0.421. The van der Waals surface area contributed by atoms with Crippen LogP contribution in [0, 0.1) is 5.92 Å². The Bertz CT molecular complexity index is 654. The Balaban J connectivity index is 1.51. The van der Waals surface area contributed by atoms with Crippen molar-refractivity contribution in [3.63, 3.8) is 0 Å². The van der Waals surface area contributed by atoms with E-state index in [9.17, 15) is 4.79 Å². The van der Waals surface area contributed by atoms with E-state index in [0.717, 1.165) is 36.4 Å². The molecule has 5 nitrogen and oxygen atoms in total. The van der Waals surface area contributed by atoms with Gasteiger partial charge < -0.3 is 19.8 Å². The third-order valence-electron chi connectivity index (χ3n) is 4.28. The third kappa shape index (κ3) is 4.69. The molecule has 1 aromatic heterocycles. The topological polar surface area (TPSA) is 63.5 Å². The average Bonchev–Trinajstić information content (AvgIpc) is 3.09. The van der Waals surface area contributed by atoms with Crippen LogP contribution in [0.4, 0.5) is 5.69 Å². The van der Waals surface area contributed by atoms with E-state index in [1.54, 1.807) is 6.26 Å². The summed E-state index contributed by atoms with van der Waals surface area (Å²) in [5, 5.41) is 6.41. The van der Waals surface area contributed by atoms with Gasteiger partial charge in [-0.25, -0.2) is 0 Å². The molecule has 0 saturated carbocycles. The van der Waals surface area contributed by atoms with Crippen LogP contribution in [0.15, 0.2) is 47.1 Å². The van der Waals surface area contributed by atoms with Crippen molar-refractivity contribution in [1.29, 1.82) is 0 Å². The predicted molar refractivity (Wildman–Crippen MR) is 92.5 cm³/mol. The molecule has 2 atom stereocenters. The van der Waals surface area contributed by atoms with Crippen LogP contribution < -0.4 is 10.6 Å². The van der Waals surface area contributed by atoms with E-state index in [0.29, 0.717) is 19.3 Å². The number of carbonyl (C=O) groups excluding carboxylic acids is 1. The van der Waals surface area contributed by atoms with Gasteiger partial charge in [0.2, 0.25) is 5.91 Å². The standard InChI is InChI=1S/C19H24N2O3/c1-14-10-16(7-8-20-14)19(22)21-17-5-2-4-15(11-17)12-23-13-18-6-3-9-24-18/h2-6,9,11,14,16,20H,7-8,10,12-13H2,1H3,(H,21,22)/t14-,16-/m0/s1. The first-order chi connectivity index (χ1) is 11.7. The maximum atomic E-state index is 12.4. The second-order valence-electron chi connectivity index (χ2n) is 6.34. The molecule has 5 heteroatoms. The van der Waals surface area contributed by atoms with Crippen LogP contribution in [-0.2, 0) is 22.7 Å². The number of amides is 1. The van der Waals surface area contributed by atoms with E-state index in [2.05, 4.69) is 17.6 Å². The number of nitrogens with one attached hydrogen (secondary N) is 2. The highest BCUT2D eigenvalue weighted by atomic mass is 16.5. The summed E-state index contributed by atoms with van der Waals surface area (Å²) in [7, 11) is 0. The fourth-order valence-electron chi connectivity index (χ4n) is 3.02. The van der Waals surface area contributed by atoms with E-state index in [1.165, 1.54) is 0 Å². The van der Waals surface area contributed by atoms with E-state index in [4.69, 9.17) is 9.15 Å². The van der Waals surface area contributed by atoms with Crippen LogP contribution in [0.5, 0.6) is 0 Å². The first-order valence-corrected chi connectivity index (χ1v) is 8.44. The molecule has 1 saturated heterocycles. The molecule has 0 bridgehead atoms. The first-order valence-electron chi connectivity index (χ1n) is 8.44. The second-order valence-corrected chi connectivity index (χ2v) is 6.34. The number of benzene rings is 1. The third-order valence-corrected chi connectivity index (χ3v) is 4.28. The van der Waals surface area contributed by atoms with Crippen molar-refractivity contribution in [1.82, 2.24) is 5.32 Å². The zero-order chi connectivity index (χ0) is 16.8. The van der Waals surface area contributed by atoms with Gasteiger partial charge >= 0.3 is 0 Å². The van der Waals surface area contributed by atoms with Crippen LogP contribution in [0.25, 0.3) is 0 Å². The van der Waals surface area contributed by atoms with E-state index in [-0.39, 0.29) is 11.8 Å². The van der Waals surface area contributed by atoms with Crippen molar-refractivity contribution in [2.45, 2.75) is 39.0 Å². The van der Waals surface area contributed by atoms with Crippen molar-refractivity contribution in [3.8, 4) is 0 Å². The van der Waals surface area contributed by atoms with Gasteiger partial charge in [-0.15, -0.1) is 0 Å². The Morgan fingerprint density at radius 2 is 2.25 bits per heavy atom. The van der Waals surface area contributed by atoms with Gasteiger partial charge in [0.25, 0.3) is 0 Å². The van der Waals surface area contributed by atoms with Crippen molar-refractivity contribution >= 4 is 11.6 Å². The minimum Gasteiger partial charge on any atom is -0.467 e. The summed E-state index contributed by atoms with van der Waals surface area (Å²) in [6.45, 7) is 3.95. The van der Waals surface area contributed by atoms with Crippen LogP contribution in [0.3, 0.4) is 0 Å². The zero-order valence-corrected chi connectivity index (χ0v) is 14.0. The molecule has 0 spiro atoms. The average molecular weight is 328 g/mol. The summed E-state index contributed by atoms with van der Waals surface area (Å²) in [6.07, 6.45) is 3.41. The van der Waals surface area contributed by atoms with Crippen LogP contribution in [0.2, 0.25) is 0 Å². The number of hydrogen-bond acceptors (Lipinski definition) is 4. The molecule has 3 rings (SSSR count). The molecule has 2 aromatic rings. The van der Waals surface area contributed by atoms with Gasteiger partial charge in [-0.2, -0.15) is 0 Å². The Labute approximate surface area is 142 Å². The van der Waals surface area contributed by atoms with Crippen LogP contribution in [0.1, 0.15) is 31.1 Å².